The van der Waals surface area contributed by atoms with Crippen molar-refractivity contribution in [1.82, 2.24) is 4.98 Å². The van der Waals surface area contributed by atoms with Gasteiger partial charge >= 0.3 is 0 Å². The van der Waals surface area contributed by atoms with Crippen molar-refractivity contribution in [1.29, 1.82) is 0 Å². The molecule has 1 heterocycles. The van der Waals surface area contributed by atoms with Crippen molar-refractivity contribution < 1.29 is 9.50 Å². The maximum atomic E-state index is 13.0. The van der Waals surface area contributed by atoms with Crippen LogP contribution in [0.15, 0.2) is 18.5 Å². The fourth-order valence-corrected chi connectivity index (χ4v) is 2.81. The van der Waals surface area contributed by atoms with Crippen LogP contribution in [0, 0.1) is 17.7 Å². The summed E-state index contributed by atoms with van der Waals surface area (Å²) in [5.74, 6) is 0.682. The molecule has 0 radical (unpaired) electrons. The summed E-state index contributed by atoms with van der Waals surface area (Å²) in [6.45, 7) is 2.20. The average Bonchev–Trinajstić information content (AvgIpc) is 2.32. The molecule has 2 rings (SSSR count). The molecule has 1 aliphatic rings. The summed E-state index contributed by atoms with van der Waals surface area (Å²) < 4.78 is 13.0. The van der Waals surface area contributed by atoms with E-state index in [1.165, 1.54) is 18.7 Å². The molecule has 0 amide bonds. The topological polar surface area (TPSA) is 33.1 Å². The van der Waals surface area contributed by atoms with Crippen LogP contribution in [0.4, 0.5) is 4.39 Å². The van der Waals surface area contributed by atoms with Gasteiger partial charge in [-0.25, -0.2) is 4.39 Å². The van der Waals surface area contributed by atoms with Crippen molar-refractivity contribution in [2.45, 2.75) is 45.1 Å². The number of rotatable bonds is 3. The second kappa shape index (κ2) is 5.58. The summed E-state index contributed by atoms with van der Waals surface area (Å²) in [5, 5.41) is 10.00. The molecule has 1 fully saturated rings. The highest BCUT2D eigenvalue weighted by Gasteiger charge is 2.28. The van der Waals surface area contributed by atoms with Gasteiger partial charge in [-0.2, -0.15) is 0 Å². The molecule has 0 aromatic carbocycles. The Labute approximate surface area is 102 Å². The van der Waals surface area contributed by atoms with Crippen LogP contribution in [0.1, 0.15) is 38.2 Å². The molecule has 0 bridgehead atoms. The highest BCUT2D eigenvalue weighted by atomic mass is 19.1. The number of aliphatic hydroxyl groups excluding tert-OH is 1. The van der Waals surface area contributed by atoms with Crippen LogP contribution >= 0.6 is 0 Å². The zero-order chi connectivity index (χ0) is 12.3. The molecule has 1 saturated carbocycles. The first-order chi connectivity index (χ1) is 8.19. The van der Waals surface area contributed by atoms with E-state index in [0.29, 0.717) is 5.92 Å². The molecular weight excluding hydrogens is 217 g/mol. The van der Waals surface area contributed by atoms with Crippen molar-refractivity contribution in [3.63, 3.8) is 0 Å². The molecule has 3 heteroatoms. The van der Waals surface area contributed by atoms with Gasteiger partial charge in [0.25, 0.3) is 0 Å². The molecular formula is C14H20FNO. The molecule has 1 aromatic rings. The van der Waals surface area contributed by atoms with Crippen molar-refractivity contribution in [2.24, 2.45) is 11.8 Å². The van der Waals surface area contributed by atoms with Gasteiger partial charge in [0, 0.05) is 6.20 Å². The third-order valence-corrected chi connectivity index (χ3v) is 3.89. The first kappa shape index (κ1) is 12.5. The van der Waals surface area contributed by atoms with Crippen LogP contribution in [-0.4, -0.2) is 16.2 Å². The third-order valence-electron chi connectivity index (χ3n) is 3.89. The Morgan fingerprint density at radius 3 is 2.94 bits per heavy atom. The van der Waals surface area contributed by atoms with Crippen LogP contribution in [0.2, 0.25) is 0 Å². The van der Waals surface area contributed by atoms with Gasteiger partial charge in [0.1, 0.15) is 5.82 Å². The normalized spacial score (nSPS) is 29.2. The van der Waals surface area contributed by atoms with Crippen LogP contribution in [0.25, 0.3) is 0 Å². The van der Waals surface area contributed by atoms with E-state index in [1.807, 2.05) is 0 Å². The van der Waals surface area contributed by atoms with Gasteiger partial charge in [0.05, 0.1) is 12.3 Å². The minimum atomic E-state index is -0.292. The van der Waals surface area contributed by atoms with Gasteiger partial charge < -0.3 is 5.11 Å². The fourth-order valence-electron chi connectivity index (χ4n) is 2.81. The number of aliphatic hydroxyl groups is 1. The summed E-state index contributed by atoms with van der Waals surface area (Å²) >= 11 is 0. The average molecular weight is 237 g/mol. The number of pyridine rings is 1. The number of hydrogen-bond acceptors (Lipinski definition) is 2. The van der Waals surface area contributed by atoms with Gasteiger partial charge in [0.15, 0.2) is 0 Å². The van der Waals surface area contributed by atoms with Crippen LogP contribution in [-0.2, 0) is 6.42 Å². The zero-order valence-electron chi connectivity index (χ0n) is 10.3. The molecule has 0 saturated heterocycles. The van der Waals surface area contributed by atoms with Crippen molar-refractivity contribution in [2.75, 3.05) is 0 Å². The Hall–Kier alpha value is -0.960. The number of nitrogens with zero attached hydrogens (tertiary/aromatic N) is 1. The smallest absolute Gasteiger partial charge is 0.141 e. The van der Waals surface area contributed by atoms with E-state index in [4.69, 9.17) is 0 Å². The Balaban J connectivity index is 2.01. The van der Waals surface area contributed by atoms with Gasteiger partial charge in [-0.05, 0) is 49.1 Å². The van der Waals surface area contributed by atoms with E-state index in [9.17, 15) is 9.50 Å². The lowest BCUT2D eigenvalue weighted by Gasteiger charge is -2.33. The lowest BCUT2D eigenvalue weighted by molar-refractivity contribution is 0.0474. The summed E-state index contributed by atoms with van der Waals surface area (Å²) in [6.07, 6.45) is 7.64. The zero-order valence-corrected chi connectivity index (χ0v) is 10.3. The number of halogens is 1. The largest absolute Gasteiger partial charge is 0.393 e. The highest BCUT2D eigenvalue weighted by molar-refractivity contribution is 5.11. The third kappa shape index (κ3) is 3.25. The van der Waals surface area contributed by atoms with E-state index in [0.717, 1.165) is 31.2 Å². The standard InChI is InChI=1S/C14H20FNO/c1-2-10-3-4-14(17)12(5-10)6-11-7-13(15)9-16-8-11/h7-10,12,14,17H,2-6H2,1H3. The van der Waals surface area contributed by atoms with E-state index in [2.05, 4.69) is 11.9 Å². The van der Waals surface area contributed by atoms with Crippen LogP contribution in [0.5, 0.6) is 0 Å². The molecule has 0 spiro atoms. The van der Waals surface area contributed by atoms with Crippen molar-refractivity contribution >= 4 is 0 Å². The first-order valence-electron chi connectivity index (χ1n) is 6.46. The molecule has 1 aromatic heterocycles. The molecule has 17 heavy (non-hydrogen) atoms. The van der Waals surface area contributed by atoms with Gasteiger partial charge in [0.2, 0.25) is 0 Å². The highest BCUT2D eigenvalue weighted by Crippen LogP contribution is 2.33. The lowest BCUT2D eigenvalue weighted by atomic mass is 9.76. The Kier molecular flexibility index (Phi) is 4.11. The summed E-state index contributed by atoms with van der Waals surface area (Å²) in [6, 6.07) is 1.52. The Bertz CT molecular complexity index is 369. The fraction of sp³-hybridized carbons (Fsp3) is 0.643. The molecule has 3 atom stereocenters. The lowest BCUT2D eigenvalue weighted by Crippen LogP contribution is -2.30. The van der Waals surface area contributed by atoms with Gasteiger partial charge in [-0.1, -0.05) is 13.3 Å². The second-order valence-corrected chi connectivity index (χ2v) is 5.13. The first-order valence-corrected chi connectivity index (χ1v) is 6.46. The quantitative estimate of drug-likeness (QED) is 0.876. The summed E-state index contributed by atoms with van der Waals surface area (Å²) in [7, 11) is 0. The Morgan fingerprint density at radius 2 is 2.24 bits per heavy atom. The maximum Gasteiger partial charge on any atom is 0.141 e. The minimum absolute atomic E-state index is 0.235. The number of aromatic nitrogens is 1. The maximum absolute atomic E-state index is 13.0. The minimum Gasteiger partial charge on any atom is -0.393 e. The Morgan fingerprint density at radius 1 is 1.41 bits per heavy atom. The predicted molar refractivity (Wildman–Crippen MR) is 65.0 cm³/mol. The van der Waals surface area contributed by atoms with Gasteiger partial charge in [-0.3, -0.25) is 4.98 Å². The molecule has 1 N–H and O–H groups in total. The predicted octanol–water partition coefficient (Wildman–Crippen LogP) is 2.95. The molecule has 1 aliphatic carbocycles. The summed E-state index contributed by atoms with van der Waals surface area (Å²) in [4.78, 5) is 3.86. The monoisotopic (exact) mass is 237 g/mol. The molecule has 2 nitrogen and oxygen atoms in total. The van der Waals surface area contributed by atoms with E-state index >= 15 is 0 Å². The van der Waals surface area contributed by atoms with Crippen LogP contribution in [0.3, 0.4) is 0 Å². The van der Waals surface area contributed by atoms with E-state index < -0.39 is 0 Å². The van der Waals surface area contributed by atoms with Crippen LogP contribution < -0.4 is 0 Å². The SMILES string of the molecule is CCC1CCC(O)C(Cc2cncc(F)c2)C1. The van der Waals surface area contributed by atoms with Crippen molar-refractivity contribution in [3.8, 4) is 0 Å². The van der Waals surface area contributed by atoms with E-state index in [-0.39, 0.29) is 17.8 Å². The van der Waals surface area contributed by atoms with Crippen molar-refractivity contribution in [3.05, 3.63) is 29.8 Å². The van der Waals surface area contributed by atoms with E-state index in [1.54, 1.807) is 6.20 Å². The summed E-state index contributed by atoms with van der Waals surface area (Å²) in [5.41, 5.74) is 0.894. The number of hydrogen-bond donors (Lipinski definition) is 1. The molecule has 0 aliphatic heterocycles. The molecule has 3 unspecified atom stereocenters. The second-order valence-electron chi connectivity index (χ2n) is 5.13. The van der Waals surface area contributed by atoms with Gasteiger partial charge in [-0.15, -0.1) is 0 Å². The molecule has 94 valence electrons.